The summed E-state index contributed by atoms with van der Waals surface area (Å²) in [5, 5.41) is 3.65. The third-order valence-corrected chi connectivity index (χ3v) is 6.54. The van der Waals surface area contributed by atoms with Crippen LogP contribution in [0.3, 0.4) is 0 Å². The summed E-state index contributed by atoms with van der Waals surface area (Å²) in [6, 6.07) is 11.2. The molecule has 2 atom stereocenters. The van der Waals surface area contributed by atoms with Gasteiger partial charge in [-0.3, -0.25) is 9.89 Å². The van der Waals surface area contributed by atoms with E-state index < -0.39 is 0 Å². The summed E-state index contributed by atoms with van der Waals surface area (Å²) in [5.41, 5.74) is 1.38. The number of fused-ring (bicyclic) bond motifs is 1. The summed E-state index contributed by atoms with van der Waals surface area (Å²) in [6.45, 7) is 8.20. The minimum atomic E-state index is 0. The van der Waals surface area contributed by atoms with E-state index in [2.05, 4.69) is 62.4 Å². The van der Waals surface area contributed by atoms with Gasteiger partial charge in [0.15, 0.2) is 5.96 Å². The smallest absolute Gasteiger partial charge is 0.193 e. The van der Waals surface area contributed by atoms with E-state index in [0.29, 0.717) is 6.04 Å². The number of likely N-dealkylation sites (tertiary alicyclic amines) is 2. The molecule has 29 heavy (non-hydrogen) atoms. The Morgan fingerprint density at radius 1 is 1.14 bits per heavy atom. The van der Waals surface area contributed by atoms with Gasteiger partial charge in [0.1, 0.15) is 0 Å². The first kappa shape index (κ1) is 22.8. The average Bonchev–Trinajstić information content (AvgIpc) is 3.16. The number of hydrogen-bond acceptors (Lipinski definition) is 4. The van der Waals surface area contributed by atoms with Crippen LogP contribution in [0.4, 0.5) is 0 Å². The average molecular weight is 513 g/mol. The van der Waals surface area contributed by atoms with Crippen molar-refractivity contribution in [1.29, 1.82) is 0 Å². The Morgan fingerprint density at radius 3 is 2.62 bits per heavy atom. The van der Waals surface area contributed by atoms with Crippen LogP contribution in [0.1, 0.15) is 18.4 Å². The lowest BCUT2D eigenvalue weighted by atomic mass is 9.97. The van der Waals surface area contributed by atoms with Crippen molar-refractivity contribution in [3.63, 3.8) is 0 Å². The molecule has 3 saturated heterocycles. The monoisotopic (exact) mass is 513 g/mol. The van der Waals surface area contributed by atoms with Gasteiger partial charge in [-0.1, -0.05) is 30.3 Å². The molecule has 3 aliphatic heterocycles. The van der Waals surface area contributed by atoms with E-state index in [1.807, 2.05) is 7.05 Å². The second-order valence-electron chi connectivity index (χ2n) is 8.51. The minimum absolute atomic E-state index is 0. The molecule has 3 heterocycles. The van der Waals surface area contributed by atoms with Gasteiger partial charge in [-0.2, -0.15) is 0 Å². The molecule has 3 fully saturated rings. The topological polar surface area (TPSA) is 43.3 Å². The second-order valence-corrected chi connectivity index (χ2v) is 8.51. The van der Waals surface area contributed by atoms with E-state index in [4.69, 9.17) is 4.74 Å². The summed E-state index contributed by atoms with van der Waals surface area (Å²) in [5.74, 6) is 1.79. The number of ether oxygens (including phenoxy) is 1. The molecule has 1 aromatic rings. The zero-order valence-corrected chi connectivity index (χ0v) is 20.1. The van der Waals surface area contributed by atoms with Crippen LogP contribution in [0.2, 0.25) is 0 Å². The molecule has 4 rings (SSSR count). The lowest BCUT2D eigenvalue weighted by molar-refractivity contribution is -0.0502. The van der Waals surface area contributed by atoms with Gasteiger partial charge in [0.05, 0.1) is 18.8 Å². The molecular formula is C22H36IN5O. The highest BCUT2D eigenvalue weighted by molar-refractivity contribution is 14.0. The lowest BCUT2D eigenvalue weighted by Gasteiger charge is -2.36. The molecule has 6 nitrogen and oxygen atoms in total. The molecule has 1 N–H and O–H groups in total. The van der Waals surface area contributed by atoms with Crippen LogP contribution in [0.15, 0.2) is 35.3 Å². The van der Waals surface area contributed by atoms with Gasteiger partial charge in [-0.05, 0) is 44.5 Å². The van der Waals surface area contributed by atoms with Crippen LogP contribution in [0.5, 0.6) is 0 Å². The number of morpholine rings is 1. The highest BCUT2D eigenvalue weighted by Gasteiger charge is 2.41. The van der Waals surface area contributed by atoms with Crippen molar-refractivity contribution in [1.82, 2.24) is 20.0 Å². The van der Waals surface area contributed by atoms with Gasteiger partial charge in [-0.15, -0.1) is 24.0 Å². The first-order valence-electron chi connectivity index (χ1n) is 10.8. The van der Waals surface area contributed by atoms with Crippen molar-refractivity contribution in [3.05, 3.63) is 35.9 Å². The summed E-state index contributed by atoms with van der Waals surface area (Å²) in [7, 11) is 4.12. The van der Waals surface area contributed by atoms with Crippen LogP contribution < -0.4 is 5.32 Å². The summed E-state index contributed by atoms with van der Waals surface area (Å²) in [4.78, 5) is 12.0. The molecule has 3 aliphatic rings. The molecule has 0 bridgehead atoms. The maximum Gasteiger partial charge on any atom is 0.193 e. The molecule has 0 aliphatic carbocycles. The summed E-state index contributed by atoms with van der Waals surface area (Å²) < 4.78 is 6.13. The van der Waals surface area contributed by atoms with E-state index in [9.17, 15) is 0 Å². The molecule has 0 saturated carbocycles. The molecule has 0 aromatic heterocycles. The van der Waals surface area contributed by atoms with Crippen LogP contribution in [-0.2, 0) is 11.3 Å². The Hall–Kier alpha value is -0.900. The van der Waals surface area contributed by atoms with Gasteiger partial charge in [0.25, 0.3) is 0 Å². The van der Waals surface area contributed by atoms with Crippen LogP contribution >= 0.6 is 24.0 Å². The first-order valence-corrected chi connectivity index (χ1v) is 10.8. The molecule has 1 aromatic carbocycles. The minimum Gasteiger partial charge on any atom is -0.373 e. The van der Waals surface area contributed by atoms with Gasteiger partial charge >= 0.3 is 0 Å². The predicted octanol–water partition coefficient (Wildman–Crippen LogP) is 2.11. The number of nitrogens with zero attached hydrogens (tertiary/aromatic N) is 4. The number of guanidine groups is 1. The zero-order valence-electron chi connectivity index (χ0n) is 17.8. The van der Waals surface area contributed by atoms with Crippen molar-refractivity contribution in [2.24, 2.45) is 10.9 Å². The molecular weight excluding hydrogens is 477 g/mol. The molecule has 7 heteroatoms. The summed E-state index contributed by atoms with van der Waals surface area (Å²) >= 11 is 0. The van der Waals surface area contributed by atoms with Gasteiger partial charge in [-0.25, -0.2) is 0 Å². The number of hydrogen-bond donors (Lipinski definition) is 1. The SMILES string of the molecule is CN=C(NCC1CCN(C)CC1)N1CC2OCCN(Cc3ccccc3)C2C1.I. The molecule has 0 amide bonds. The van der Waals surface area contributed by atoms with Crippen LogP contribution in [0.25, 0.3) is 0 Å². The predicted molar refractivity (Wildman–Crippen MR) is 129 cm³/mol. The molecule has 2 unspecified atom stereocenters. The van der Waals surface area contributed by atoms with Crippen LogP contribution in [0, 0.1) is 5.92 Å². The number of halogens is 1. The third-order valence-electron chi connectivity index (χ3n) is 6.54. The van der Waals surface area contributed by atoms with Crippen molar-refractivity contribution in [3.8, 4) is 0 Å². The van der Waals surface area contributed by atoms with Crippen LogP contribution in [-0.4, -0.2) is 92.8 Å². The van der Waals surface area contributed by atoms with E-state index in [1.165, 1.54) is 31.5 Å². The first-order chi connectivity index (χ1) is 13.7. The van der Waals surface area contributed by atoms with Crippen molar-refractivity contribution in [2.75, 3.05) is 60.0 Å². The van der Waals surface area contributed by atoms with Gasteiger partial charge in [0, 0.05) is 39.8 Å². The number of aliphatic imine (C=N–C) groups is 1. The lowest BCUT2D eigenvalue weighted by Crippen LogP contribution is -2.50. The fraction of sp³-hybridized carbons (Fsp3) is 0.682. The Kier molecular flexibility index (Phi) is 8.58. The van der Waals surface area contributed by atoms with Crippen molar-refractivity contribution in [2.45, 2.75) is 31.5 Å². The Bertz CT molecular complexity index is 650. The normalized spacial score (nSPS) is 26.8. The fourth-order valence-corrected chi connectivity index (χ4v) is 4.78. The number of nitrogens with one attached hydrogen (secondary N) is 1. The maximum atomic E-state index is 6.13. The van der Waals surface area contributed by atoms with E-state index >= 15 is 0 Å². The fourth-order valence-electron chi connectivity index (χ4n) is 4.78. The van der Waals surface area contributed by atoms with E-state index in [0.717, 1.165) is 51.2 Å². The van der Waals surface area contributed by atoms with Gasteiger partial charge < -0.3 is 19.9 Å². The Morgan fingerprint density at radius 2 is 1.90 bits per heavy atom. The Balaban J connectivity index is 0.00000240. The molecule has 162 valence electrons. The van der Waals surface area contributed by atoms with E-state index in [1.54, 1.807) is 0 Å². The maximum absolute atomic E-state index is 6.13. The summed E-state index contributed by atoms with van der Waals surface area (Å²) in [6.07, 6.45) is 2.83. The highest BCUT2D eigenvalue weighted by Crippen LogP contribution is 2.25. The highest BCUT2D eigenvalue weighted by atomic mass is 127. The third kappa shape index (κ3) is 5.83. The number of benzene rings is 1. The van der Waals surface area contributed by atoms with Gasteiger partial charge in [0.2, 0.25) is 0 Å². The number of rotatable bonds is 4. The second kappa shape index (κ2) is 10.9. The van der Waals surface area contributed by atoms with E-state index in [-0.39, 0.29) is 30.1 Å². The largest absolute Gasteiger partial charge is 0.373 e. The standard InChI is InChI=1S/C22H35N5O.HI/c1-23-22(24-14-18-8-10-25(2)11-9-18)27-16-20-21(17-27)28-13-12-26(20)15-19-6-4-3-5-7-19;/h3-7,18,20-21H,8-17H2,1-2H3,(H,23,24);1H. The number of piperidine rings is 1. The zero-order chi connectivity index (χ0) is 19.3. The molecule has 0 spiro atoms. The quantitative estimate of drug-likeness (QED) is 0.380. The molecule has 0 radical (unpaired) electrons. The van der Waals surface area contributed by atoms with Crippen molar-refractivity contribution < 1.29 is 4.74 Å². The Labute approximate surface area is 192 Å². The van der Waals surface area contributed by atoms with Crippen molar-refractivity contribution >= 4 is 29.9 Å².